The van der Waals surface area contributed by atoms with Gasteiger partial charge in [-0.2, -0.15) is 0 Å². The summed E-state index contributed by atoms with van der Waals surface area (Å²) < 4.78 is 1.36. The minimum Gasteiger partial charge on any atom is -0.396 e. The summed E-state index contributed by atoms with van der Waals surface area (Å²) >= 11 is 0. The Morgan fingerprint density at radius 2 is 2.36 bits per heavy atom. The lowest BCUT2D eigenvalue weighted by Crippen LogP contribution is -2.46. The molecule has 1 aliphatic carbocycles. The number of hydrogen-bond acceptors (Lipinski definition) is 4. The molecule has 1 fully saturated rings. The van der Waals surface area contributed by atoms with Gasteiger partial charge in [0.15, 0.2) is 0 Å². The average molecular weight is 301 g/mol. The smallest absolute Gasteiger partial charge is 0.270 e. The van der Waals surface area contributed by atoms with Gasteiger partial charge in [-0.1, -0.05) is 19.4 Å². The number of aliphatic hydroxyl groups excluding tert-OH is 1. The van der Waals surface area contributed by atoms with Crippen molar-refractivity contribution >= 4 is 11.6 Å². The number of hydrogen-bond donors (Lipinski definition) is 2. The quantitative estimate of drug-likeness (QED) is 0.885. The van der Waals surface area contributed by atoms with E-state index < -0.39 is 5.91 Å². The van der Waals surface area contributed by atoms with Crippen LogP contribution < -0.4 is 10.9 Å². The summed E-state index contributed by atoms with van der Waals surface area (Å²) in [6.45, 7) is 1.98. The van der Waals surface area contributed by atoms with Crippen LogP contribution in [0.4, 0.5) is 0 Å². The van der Waals surface area contributed by atoms with Crippen LogP contribution >= 0.6 is 0 Å². The number of amides is 1. The second-order valence-corrected chi connectivity index (χ2v) is 6.14. The summed E-state index contributed by atoms with van der Waals surface area (Å²) in [5, 5.41) is 12.4. The summed E-state index contributed by atoms with van der Waals surface area (Å²) in [5.41, 5.74) is -0.177. The van der Waals surface area contributed by atoms with Crippen LogP contribution in [0.1, 0.15) is 36.5 Å². The molecule has 6 heteroatoms. The average Bonchev–Trinajstić information content (AvgIpc) is 2.89. The van der Waals surface area contributed by atoms with Crippen molar-refractivity contribution in [1.82, 2.24) is 14.7 Å². The maximum atomic E-state index is 12.4. The molecule has 0 radical (unpaired) electrons. The molecular weight excluding hydrogens is 282 g/mol. The normalized spacial score (nSPS) is 24.5. The minimum absolute atomic E-state index is 0.0207. The number of nitrogens with one attached hydrogen (secondary N) is 1. The summed E-state index contributed by atoms with van der Waals surface area (Å²) in [5.74, 6) is -0.428. The molecule has 2 aromatic rings. The van der Waals surface area contributed by atoms with Crippen molar-refractivity contribution < 1.29 is 9.90 Å². The molecule has 2 N–H and O–H groups in total. The SMILES string of the molecule is CC1(CO)CCCC1NC(=O)c1cnc2ccccn2c1=O. The second kappa shape index (κ2) is 5.53. The van der Waals surface area contributed by atoms with Crippen molar-refractivity contribution in [3.8, 4) is 0 Å². The van der Waals surface area contributed by atoms with Gasteiger partial charge in [0.05, 0.1) is 6.61 Å². The van der Waals surface area contributed by atoms with Gasteiger partial charge in [-0.15, -0.1) is 0 Å². The number of aromatic nitrogens is 2. The van der Waals surface area contributed by atoms with Gasteiger partial charge in [0.25, 0.3) is 11.5 Å². The lowest BCUT2D eigenvalue weighted by atomic mass is 9.85. The van der Waals surface area contributed by atoms with E-state index in [9.17, 15) is 14.7 Å². The Kier molecular flexibility index (Phi) is 3.70. The lowest BCUT2D eigenvalue weighted by Gasteiger charge is -2.29. The molecule has 0 bridgehead atoms. The van der Waals surface area contributed by atoms with Crippen molar-refractivity contribution in [3.63, 3.8) is 0 Å². The third-order valence-corrected chi connectivity index (χ3v) is 4.61. The van der Waals surface area contributed by atoms with Gasteiger partial charge in [0.1, 0.15) is 11.2 Å². The first kappa shape index (κ1) is 14.7. The molecule has 2 unspecified atom stereocenters. The zero-order valence-corrected chi connectivity index (χ0v) is 12.5. The van der Waals surface area contributed by atoms with Crippen molar-refractivity contribution in [1.29, 1.82) is 0 Å². The van der Waals surface area contributed by atoms with E-state index in [1.165, 1.54) is 10.6 Å². The Bertz CT molecular complexity index is 771. The molecule has 116 valence electrons. The first-order valence-electron chi connectivity index (χ1n) is 7.43. The first-order valence-corrected chi connectivity index (χ1v) is 7.43. The van der Waals surface area contributed by atoms with Crippen molar-refractivity contribution in [2.24, 2.45) is 5.41 Å². The predicted molar refractivity (Wildman–Crippen MR) is 81.8 cm³/mol. The molecule has 2 aromatic heterocycles. The Morgan fingerprint density at radius 3 is 3.14 bits per heavy atom. The van der Waals surface area contributed by atoms with Crippen molar-refractivity contribution in [2.75, 3.05) is 6.61 Å². The van der Waals surface area contributed by atoms with E-state index in [1.807, 2.05) is 6.92 Å². The number of rotatable bonds is 3. The zero-order valence-electron chi connectivity index (χ0n) is 12.5. The Labute approximate surface area is 127 Å². The van der Waals surface area contributed by atoms with Gasteiger partial charge in [-0.25, -0.2) is 4.98 Å². The number of aliphatic hydroxyl groups is 1. The van der Waals surface area contributed by atoms with E-state index in [-0.39, 0.29) is 29.2 Å². The third kappa shape index (κ3) is 2.39. The second-order valence-electron chi connectivity index (χ2n) is 6.14. The van der Waals surface area contributed by atoms with E-state index in [0.717, 1.165) is 19.3 Å². The van der Waals surface area contributed by atoms with E-state index in [4.69, 9.17) is 0 Å². The van der Waals surface area contributed by atoms with Crippen LogP contribution in [0.25, 0.3) is 5.65 Å². The molecule has 0 aromatic carbocycles. The highest BCUT2D eigenvalue weighted by atomic mass is 16.3. The maximum absolute atomic E-state index is 12.4. The molecule has 0 saturated heterocycles. The highest BCUT2D eigenvalue weighted by Gasteiger charge is 2.39. The van der Waals surface area contributed by atoms with Gasteiger partial charge in [0, 0.05) is 23.9 Å². The number of pyridine rings is 1. The summed E-state index contributed by atoms with van der Waals surface area (Å²) in [7, 11) is 0. The molecule has 0 aliphatic heterocycles. The highest BCUT2D eigenvalue weighted by molar-refractivity contribution is 5.94. The molecule has 2 heterocycles. The standard InChI is InChI=1S/C16H19N3O3/c1-16(10-20)7-4-5-12(16)18-14(21)11-9-17-13-6-2-3-8-19(13)15(11)22/h2-3,6,8-9,12,20H,4-5,7,10H2,1H3,(H,18,21). The largest absolute Gasteiger partial charge is 0.396 e. The highest BCUT2D eigenvalue weighted by Crippen LogP contribution is 2.37. The molecule has 0 spiro atoms. The van der Waals surface area contributed by atoms with Crippen LogP contribution in [0.15, 0.2) is 35.4 Å². The van der Waals surface area contributed by atoms with E-state index in [1.54, 1.807) is 24.4 Å². The summed E-state index contributed by atoms with van der Waals surface area (Å²) in [4.78, 5) is 29.0. The van der Waals surface area contributed by atoms with Crippen LogP contribution in [0.2, 0.25) is 0 Å². The first-order chi connectivity index (χ1) is 10.5. The van der Waals surface area contributed by atoms with Crippen LogP contribution in [0.5, 0.6) is 0 Å². The Hall–Kier alpha value is -2.21. The number of carbonyl (C=O) groups excluding carboxylic acids is 1. The van der Waals surface area contributed by atoms with Crippen molar-refractivity contribution in [3.05, 3.63) is 46.5 Å². The Morgan fingerprint density at radius 1 is 1.55 bits per heavy atom. The fraction of sp³-hybridized carbons (Fsp3) is 0.438. The number of fused-ring (bicyclic) bond motifs is 1. The summed E-state index contributed by atoms with van der Waals surface area (Å²) in [6, 6.07) is 5.09. The van der Waals surface area contributed by atoms with Crippen LogP contribution in [-0.2, 0) is 0 Å². The van der Waals surface area contributed by atoms with E-state index >= 15 is 0 Å². The molecule has 6 nitrogen and oxygen atoms in total. The monoisotopic (exact) mass is 301 g/mol. The maximum Gasteiger partial charge on any atom is 0.270 e. The van der Waals surface area contributed by atoms with Crippen LogP contribution in [0.3, 0.4) is 0 Å². The van der Waals surface area contributed by atoms with Gasteiger partial charge in [-0.3, -0.25) is 14.0 Å². The molecule has 1 saturated carbocycles. The fourth-order valence-corrected chi connectivity index (χ4v) is 3.09. The topological polar surface area (TPSA) is 83.7 Å². The van der Waals surface area contributed by atoms with Crippen LogP contribution in [-0.4, -0.2) is 33.0 Å². The number of carbonyl (C=O) groups is 1. The van der Waals surface area contributed by atoms with Crippen molar-refractivity contribution in [2.45, 2.75) is 32.2 Å². The molecule has 1 aliphatic rings. The van der Waals surface area contributed by atoms with Gasteiger partial charge < -0.3 is 10.4 Å². The Balaban J connectivity index is 1.90. The van der Waals surface area contributed by atoms with Gasteiger partial charge >= 0.3 is 0 Å². The number of nitrogens with zero attached hydrogens (tertiary/aromatic N) is 2. The third-order valence-electron chi connectivity index (χ3n) is 4.61. The van der Waals surface area contributed by atoms with E-state index in [2.05, 4.69) is 10.3 Å². The van der Waals surface area contributed by atoms with E-state index in [0.29, 0.717) is 5.65 Å². The molecule has 1 amide bonds. The molecule has 2 atom stereocenters. The van der Waals surface area contributed by atoms with Gasteiger partial charge in [-0.05, 0) is 25.0 Å². The fourth-order valence-electron chi connectivity index (χ4n) is 3.09. The zero-order chi connectivity index (χ0) is 15.7. The minimum atomic E-state index is -0.428. The van der Waals surface area contributed by atoms with Crippen LogP contribution in [0, 0.1) is 5.41 Å². The molecular formula is C16H19N3O3. The predicted octanol–water partition coefficient (Wildman–Crippen LogP) is 0.975. The molecule has 22 heavy (non-hydrogen) atoms. The molecule has 3 rings (SSSR count). The van der Waals surface area contributed by atoms with Gasteiger partial charge in [0.2, 0.25) is 0 Å². The lowest BCUT2D eigenvalue weighted by molar-refractivity contribution is 0.0828. The summed E-state index contributed by atoms with van der Waals surface area (Å²) in [6.07, 6.45) is 5.54.